The summed E-state index contributed by atoms with van der Waals surface area (Å²) in [4.78, 5) is 12.8. The molecule has 1 N–H and O–H groups in total. The number of carboxylic acid groups (broad SMARTS) is 1. The smallest absolute Gasteiger partial charge is 0.306 e. The van der Waals surface area contributed by atoms with Gasteiger partial charge in [-0.2, -0.15) is 0 Å². The van der Waals surface area contributed by atoms with Gasteiger partial charge in [-0.1, -0.05) is 0 Å². The minimum absolute atomic E-state index is 0.106. The number of nitrogens with zero attached hydrogens (tertiary/aromatic N) is 1. The summed E-state index contributed by atoms with van der Waals surface area (Å²) >= 11 is 0. The third-order valence-corrected chi connectivity index (χ3v) is 2.70. The predicted octanol–water partition coefficient (Wildman–Crippen LogP) is 0.589. The molecule has 1 unspecified atom stereocenters. The van der Waals surface area contributed by atoms with Crippen LogP contribution in [0, 0.1) is 0 Å². The van der Waals surface area contributed by atoms with E-state index in [4.69, 9.17) is 14.6 Å². The second kappa shape index (κ2) is 7.60. The third-order valence-electron chi connectivity index (χ3n) is 2.70. The van der Waals surface area contributed by atoms with Gasteiger partial charge >= 0.3 is 5.97 Å². The van der Waals surface area contributed by atoms with E-state index in [-0.39, 0.29) is 12.5 Å². The zero-order valence-electron chi connectivity index (χ0n) is 9.85. The van der Waals surface area contributed by atoms with E-state index in [0.29, 0.717) is 6.61 Å². The van der Waals surface area contributed by atoms with Gasteiger partial charge in [-0.25, -0.2) is 0 Å². The molecule has 1 aliphatic rings. The lowest BCUT2D eigenvalue weighted by Crippen LogP contribution is -2.43. The van der Waals surface area contributed by atoms with E-state index in [9.17, 15) is 4.79 Å². The highest BCUT2D eigenvalue weighted by molar-refractivity contribution is 5.67. The number of unbranched alkanes of at least 4 members (excludes halogenated alkanes) is 1. The highest BCUT2D eigenvalue weighted by atomic mass is 16.5. The number of hydrogen-bond acceptors (Lipinski definition) is 4. The van der Waals surface area contributed by atoms with Gasteiger partial charge in [0.1, 0.15) is 0 Å². The van der Waals surface area contributed by atoms with Crippen molar-refractivity contribution in [3.8, 4) is 0 Å². The lowest BCUT2D eigenvalue weighted by molar-refractivity contribution is -0.142. The van der Waals surface area contributed by atoms with E-state index in [1.54, 1.807) is 7.11 Å². The van der Waals surface area contributed by atoms with Crippen LogP contribution in [0.1, 0.15) is 19.3 Å². The molecule has 0 saturated carbocycles. The van der Waals surface area contributed by atoms with Gasteiger partial charge in [-0.05, 0) is 19.4 Å². The Bertz CT molecular complexity index is 210. The molecule has 0 bridgehead atoms. The standard InChI is InChI=1S/C11H21NO4/c1-15-6-3-2-4-12-5-7-16-10(9-12)8-11(13)14/h10H,2-9H2,1H3,(H,13,14). The van der Waals surface area contributed by atoms with Gasteiger partial charge in [0.15, 0.2) is 0 Å². The fourth-order valence-electron chi connectivity index (χ4n) is 1.88. The molecule has 1 fully saturated rings. The first kappa shape index (κ1) is 13.4. The van der Waals surface area contributed by atoms with Crippen LogP contribution in [0.2, 0.25) is 0 Å². The SMILES string of the molecule is COCCCCN1CCOC(CC(=O)O)C1. The first-order valence-corrected chi connectivity index (χ1v) is 5.77. The number of carbonyl (C=O) groups is 1. The van der Waals surface area contributed by atoms with E-state index in [1.165, 1.54) is 0 Å². The molecule has 0 aromatic carbocycles. The van der Waals surface area contributed by atoms with Crippen molar-refractivity contribution in [2.75, 3.05) is 40.0 Å². The maximum absolute atomic E-state index is 10.6. The molecule has 16 heavy (non-hydrogen) atoms. The summed E-state index contributed by atoms with van der Waals surface area (Å²) in [6, 6.07) is 0. The average molecular weight is 231 g/mol. The molecule has 1 saturated heterocycles. The second-order valence-corrected chi connectivity index (χ2v) is 4.09. The van der Waals surface area contributed by atoms with Gasteiger partial charge in [0, 0.05) is 26.8 Å². The molecule has 1 aliphatic heterocycles. The Kier molecular flexibility index (Phi) is 6.37. The molecule has 5 heteroatoms. The van der Waals surface area contributed by atoms with Crippen molar-refractivity contribution < 1.29 is 19.4 Å². The minimum Gasteiger partial charge on any atom is -0.481 e. The molecular weight excluding hydrogens is 210 g/mol. The molecule has 0 aliphatic carbocycles. The summed E-state index contributed by atoms with van der Waals surface area (Å²) in [5.74, 6) is -0.786. The Morgan fingerprint density at radius 2 is 2.38 bits per heavy atom. The lowest BCUT2D eigenvalue weighted by Gasteiger charge is -2.32. The quantitative estimate of drug-likeness (QED) is 0.650. The lowest BCUT2D eigenvalue weighted by atomic mass is 10.2. The zero-order chi connectivity index (χ0) is 11.8. The topological polar surface area (TPSA) is 59.0 Å². The van der Waals surface area contributed by atoms with Crippen LogP contribution in [-0.2, 0) is 14.3 Å². The number of aliphatic carboxylic acids is 1. The predicted molar refractivity (Wildman–Crippen MR) is 59.5 cm³/mol. The van der Waals surface area contributed by atoms with Gasteiger partial charge < -0.3 is 14.6 Å². The van der Waals surface area contributed by atoms with Crippen molar-refractivity contribution in [1.82, 2.24) is 4.90 Å². The van der Waals surface area contributed by atoms with E-state index >= 15 is 0 Å². The Balaban J connectivity index is 2.14. The molecule has 0 radical (unpaired) electrons. The molecule has 1 heterocycles. The van der Waals surface area contributed by atoms with Gasteiger partial charge in [0.2, 0.25) is 0 Å². The van der Waals surface area contributed by atoms with Crippen LogP contribution in [-0.4, -0.2) is 62.0 Å². The number of carboxylic acids is 1. The number of ether oxygens (including phenoxy) is 2. The Hall–Kier alpha value is -0.650. The molecule has 1 rings (SSSR count). The summed E-state index contributed by atoms with van der Waals surface area (Å²) in [5, 5.41) is 8.68. The average Bonchev–Trinajstić information content (AvgIpc) is 2.24. The number of hydrogen-bond donors (Lipinski definition) is 1. The van der Waals surface area contributed by atoms with Crippen LogP contribution >= 0.6 is 0 Å². The van der Waals surface area contributed by atoms with Crippen LogP contribution in [0.5, 0.6) is 0 Å². The van der Waals surface area contributed by atoms with Crippen molar-refractivity contribution in [1.29, 1.82) is 0 Å². The second-order valence-electron chi connectivity index (χ2n) is 4.09. The first-order valence-electron chi connectivity index (χ1n) is 5.77. The summed E-state index contributed by atoms with van der Waals surface area (Å²) in [5.41, 5.74) is 0. The Labute approximate surface area is 96.3 Å². The maximum Gasteiger partial charge on any atom is 0.306 e. The first-order chi connectivity index (χ1) is 7.72. The largest absolute Gasteiger partial charge is 0.481 e. The minimum atomic E-state index is -0.786. The van der Waals surface area contributed by atoms with Gasteiger partial charge in [0.25, 0.3) is 0 Å². The van der Waals surface area contributed by atoms with Crippen molar-refractivity contribution in [2.24, 2.45) is 0 Å². The zero-order valence-corrected chi connectivity index (χ0v) is 9.85. The maximum atomic E-state index is 10.6. The molecule has 0 aromatic rings. The van der Waals surface area contributed by atoms with Crippen molar-refractivity contribution >= 4 is 5.97 Å². The summed E-state index contributed by atoms with van der Waals surface area (Å²) in [6.45, 7) is 4.08. The van der Waals surface area contributed by atoms with E-state index in [0.717, 1.165) is 39.1 Å². The van der Waals surface area contributed by atoms with Crippen molar-refractivity contribution in [3.63, 3.8) is 0 Å². The number of rotatable bonds is 7. The third kappa shape index (κ3) is 5.44. The number of morpholine rings is 1. The van der Waals surface area contributed by atoms with Crippen LogP contribution < -0.4 is 0 Å². The highest BCUT2D eigenvalue weighted by Crippen LogP contribution is 2.09. The Morgan fingerprint density at radius 3 is 3.06 bits per heavy atom. The molecule has 5 nitrogen and oxygen atoms in total. The fraction of sp³-hybridized carbons (Fsp3) is 0.909. The summed E-state index contributed by atoms with van der Waals surface area (Å²) in [7, 11) is 1.71. The molecule has 0 amide bonds. The molecule has 1 atom stereocenters. The van der Waals surface area contributed by atoms with E-state index in [2.05, 4.69) is 4.90 Å². The normalized spacial score (nSPS) is 22.2. The monoisotopic (exact) mass is 231 g/mol. The highest BCUT2D eigenvalue weighted by Gasteiger charge is 2.21. The molecule has 0 aromatic heterocycles. The van der Waals surface area contributed by atoms with Gasteiger partial charge in [0.05, 0.1) is 19.1 Å². The van der Waals surface area contributed by atoms with Crippen LogP contribution in [0.15, 0.2) is 0 Å². The van der Waals surface area contributed by atoms with Crippen molar-refractivity contribution in [3.05, 3.63) is 0 Å². The van der Waals surface area contributed by atoms with Gasteiger partial charge in [-0.3, -0.25) is 9.69 Å². The van der Waals surface area contributed by atoms with E-state index in [1.807, 2.05) is 0 Å². The summed E-state index contributed by atoms with van der Waals surface area (Å²) in [6.07, 6.45) is 2.10. The summed E-state index contributed by atoms with van der Waals surface area (Å²) < 4.78 is 10.4. The van der Waals surface area contributed by atoms with Crippen LogP contribution in [0.25, 0.3) is 0 Å². The molecule has 94 valence electrons. The van der Waals surface area contributed by atoms with Crippen LogP contribution in [0.4, 0.5) is 0 Å². The van der Waals surface area contributed by atoms with E-state index < -0.39 is 5.97 Å². The fourth-order valence-corrected chi connectivity index (χ4v) is 1.88. The van der Waals surface area contributed by atoms with Gasteiger partial charge in [-0.15, -0.1) is 0 Å². The van der Waals surface area contributed by atoms with Crippen molar-refractivity contribution in [2.45, 2.75) is 25.4 Å². The number of methoxy groups -OCH3 is 1. The van der Waals surface area contributed by atoms with Crippen LogP contribution in [0.3, 0.4) is 0 Å². The Morgan fingerprint density at radius 1 is 1.56 bits per heavy atom. The molecular formula is C11H21NO4. The molecule has 0 spiro atoms.